The fourth-order valence-corrected chi connectivity index (χ4v) is 2.02. The van der Waals surface area contributed by atoms with Crippen molar-refractivity contribution >= 4 is 21.6 Å². The van der Waals surface area contributed by atoms with Crippen LogP contribution in [-0.4, -0.2) is 0 Å². The number of nitriles is 1. The highest BCUT2D eigenvalue weighted by molar-refractivity contribution is 9.10. The number of nitrogens with zero attached hydrogens (tertiary/aromatic N) is 1. The van der Waals surface area contributed by atoms with Crippen LogP contribution < -0.4 is 5.73 Å². The van der Waals surface area contributed by atoms with Crippen molar-refractivity contribution in [1.29, 1.82) is 5.26 Å². The van der Waals surface area contributed by atoms with Crippen LogP contribution in [0.1, 0.15) is 5.56 Å². The van der Waals surface area contributed by atoms with Gasteiger partial charge in [0.2, 0.25) is 0 Å². The molecule has 0 aromatic rings. The molecule has 3 heteroatoms. The molecule has 0 unspecified atom stereocenters. The van der Waals surface area contributed by atoms with E-state index in [0.29, 0.717) is 11.3 Å². The smallest absolute Gasteiger partial charge is 0.102 e. The van der Waals surface area contributed by atoms with Crippen LogP contribution in [-0.2, 0) is 0 Å². The summed E-state index contributed by atoms with van der Waals surface area (Å²) in [5.41, 5.74) is 8.73. The summed E-state index contributed by atoms with van der Waals surface area (Å²) >= 11 is 3.39. The molecule has 2 N–H and O–H groups in total. The molecule has 0 saturated heterocycles. The van der Waals surface area contributed by atoms with Gasteiger partial charge in [-0.05, 0) is 21.5 Å². The second-order valence-electron chi connectivity index (χ2n) is 2.95. The monoisotopic (exact) mass is 246 g/mol. The zero-order valence-electron chi connectivity index (χ0n) is 7.29. The average molecular weight is 247 g/mol. The van der Waals surface area contributed by atoms with Gasteiger partial charge in [-0.3, -0.25) is 0 Å². The van der Waals surface area contributed by atoms with Crippen LogP contribution in [0.25, 0.3) is 11.1 Å². The number of fused-ring (bicyclic) bond motifs is 1. The third-order valence-electron chi connectivity index (χ3n) is 2.16. The Morgan fingerprint density at radius 3 is 2.43 bits per heavy atom. The van der Waals surface area contributed by atoms with Crippen molar-refractivity contribution in [2.45, 2.75) is 0 Å². The van der Waals surface area contributed by atoms with Crippen molar-refractivity contribution in [3.63, 3.8) is 0 Å². The van der Waals surface area contributed by atoms with Gasteiger partial charge in [-0.25, -0.2) is 0 Å². The lowest BCUT2D eigenvalue weighted by Crippen LogP contribution is -1.84. The third-order valence-corrected chi connectivity index (χ3v) is 3.02. The first kappa shape index (κ1) is 9.04. The van der Waals surface area contributed by atoms with Gasteiger partial charge in [0.25, 0.3) is 0 Å². The average Bonchev–Trinajstić information content (AvgIpc) is 2.40. The summed E-state index contributed by atoms with van der Waals surface area (Å²) in [6.07, 6.45) is 0. The molecule has 2 aliphatic carbocycles. The van der Waals surface area contributed by atoms with Crippen LogP contribution in [0.15, 0.2) is 34.8 Å². The van der Waals surface area contributed by atoms with Crippen molar-refractivity contribution in [2.75, 3.05) is 5.73 Å². The van der Waals surface area contributed by atoms with Crippen molar-refractivity contribution in [2.24, 2.45) is 0 Å². The molecule has 68 valence electrons. The van der Waals surface area contributed by atoms with E-state index in [4.69, 9.17) is 11.0 Å². The van der Waals surface area contributed by atoms with Gasteiger partial charge >= 0.3 is 0 Å². The van der Waals surface area contributed by atoms with E-state index >= 15 is 0 Å². The quantitative estimate of drug-likeness (QED) is 0.777. The molecule has 0 heterocycles. The molecular weight excluding hydrogens is 240 g/mol. The number of nitrogen functional groups attached to an aromatic ring is 1. The van der Waals surface area contributed by atoms with E-state index in [-0.39, 0.29) is 0 Å². The maximum atomic E-state index is 8.96. The van der Waals surface area contributed by atoms with Crippen molar-refractivity contribution in [3.05, 3.63) is 40.4 Å². The maximum absolute atomic E-state index is 8.96. The van der Waals surface area contributed by atoms with Crippen LogP contribution in [0.5, 0.6) is 0 Å². The van der Waals surface area contributed by atoms with E-state index < -0.39 is 0 Å². The molecule has 0 aromatic carbocycles. The Bertz CT molecular complexity index is 500. The summed E-state index contributed by atoms with van der Waals surface area (Å²) in [6, 6.07) is 11.7. The van der Waals surface area contributed by atoms with Crippen molar-refractivity contribution < 1.29 is 0 Å². The lowest BCUT2D eigenvalue weighted by Gasteiger charge is -1.91. The summed E-state index contributed by atoms with van der Waals surface area (Å²) < 4.78 is 0.806. The van der Waals surface area contributed by atoms with Gasteiger partial charge in [-0.1, -0.05) is 30.3 Å². The second-order valence-corrected chi connectivity index (χ2v) is 3.75. The summed E-state index contributed by atoms with van der Waals surface area (Å²) in [5.74, 6) is 0. The molecule has 0 aromatic heterocycles. The lowest BCUT2D eigenvalue weighted by molar-refractivity contribution is 1.50. The molecule has 0 bridgehead atoms. The standard InChI is InChI=1S/C11H7BrN2/c12-10-8-5-3-1-2-4-7(8)9(6-13)11(10)14/h1-5H,14H2. The molecule has 2 rings (SSSR count). The number of hydrogen-bond donors (Lipinski definition) is 1. The zero-order chi connectivity index (χ0) is 10.1. The molecule has 14 heavy (non-hydrogen) atoms. The second kappa shape index (κ2) is 3.32. The molecule has 0 spiro atoms. The van der Waals surface area contributed by atoms with Crippen molar-refractivity contribution in [1.82, 2.24) is 0 Å². The van der Waals surface area contributed by atoms with Gasteiger partial charge in [0, 0.05) is 10.0 Å². The highest BCUT2D eigenvalue weighted by Gasteiger charge is 2.17. The molecule has 0 saturated carbocycles. The van der Waals surface area contributed by atoms with E-state index in [0.717, 1.165) is 15.6 Å². The summed E-state index contributed by atoms with van der Waals surface area (Å²) in [5, 5.41) is 8.96. The van der Waals surface area contributed by atoms with E-state index in [1.54, 1.807) is 0 Å². The number of halogens is 1. The molecule has 0 atom stereocenters. The van der Waals surface area contributed by atoms with E-state index in [9.17, 15) is 0 Å². The van der Waals surface area contributed by atoms with E-state index in [1.165, 1.54) is 0 Å². The number of rotatable bonds is 0. The van der Waals surface area contributed by atoms with Gasteiger partial charge in [0.05, 0.1) is 11.3 Å². The molecule has 0 radical (unpaired) electrons. The number of nitrogens with two attached hydrogens (primary N) is 1. The largest absolute Gasteiger partial charge is 0.397 e. The van der Waals surface area contributed by atoms with Gasteiger partial charge in [-0.15, -0.1) is 0 Å². The molecule has 2 nitrogen and oxygen atoms in total. The Labute approximate surface area is 90.4 Å². The fraction of sp³-hybridized carbons (Fsp3) is 0. The fourth-order valence-electron chi connectivity index (χ4n) is 1.48. The molecular formula is C11H7BrN2. The topological polar surface area (TPSA) is 49.8 Å². The molecule has 0 aliphatic heterocycles. The first-order valence-electron chi connectivity index (χ1n) is 4.11. The van der Waals surface area contributed by atoms with Gasteiger partial charge in [0.15, 0.2) is 0 Å². The first-order chi connectivity index (χ1) is 6.75. The predicted molar refractivity (Wildman–Crippen MR) is 59.9 cm³/mol. The van der Waals surface area contributed by atoms with Crippen LogP contribution in [0.4, 0.5) is 5.69 Å². The summed E-state index contributed by atoms with van der Waals surface area (Å²) in [7, 11) is 0. The molecule has 2 aliphatic rings. The Morgan fingerprint density at radius 1 is 1.14 bits per heavy atom. The summed E-state index contributed by atoms with van der Waals surface area (Å²) in [6.45, 7) is 0. The SMILES string of the molecule is N#Cc1c2cccccc-2c(Br)c1N. The Balaban J connectivity index is 2.89. The normalized spacial score (nSPS) is 10.0. The van der Waals surface area contributed by atoms with E-state index in [1.807, 2.05) is 30.3 Å². The number of anilines is 1. The van der Waals surface area contributed by atoms with Gasteiger partial charge < -0.3 is 5.73 Å². The van der Waals surface area contributed by atoms with Crippen LogP contribution in [0.3, 0.4) is 0 Å². The van der Waals surface area contributed by atoms with E-state index in [2.05, 4.69) is 22.0 Å². The van der Waals surface area contributed by atoms with Crippen molar-refractivity contribution in [3.8, 4) is 17.2 Å². The maximum Gasteiger partial charge on any atom is 0.102 e. The van der Waals surface area contributed by atoms with Crippen LogP contribution in [0.2, 0.25) is 0 Å². The molecule has 0 fully saturated rings. The molecule has 0 amide bonds. The Kier molecular flexibility index (Phi) is 2.14. The Morgan fingerprint density at radius 2 is 1.79 bits per heavy atom. The third kappa shape index (κ3) is 1.16. The highest BCUT2D eigenvalue weighted by Crippen LogP contribution is 2.41. The zero-order valence-corrected chi connectivity index (χ0v) is 8.88. The van der Waals surface area contributed by atoms with Crippen LogP contribution >= 0.6 is 15.9 Å². The predicted octanol–water partition coefficient (Wildman–Crippen LogP) is 3.01. The minimum absolute atomic E-state index is 0.522. The highest BCUT2D eigenvalue weighted by atomic mass is 79.9. The Hall–Kier alpha value is -1.53. The minimum atomic E-state index is 0.522. The summed E-state index contributed by atoms with van der Waals surface area (Å²) in [4.78, 5) is 0. The van der Waals surface area contributed by atoms with Crippen LogP contribution in [0, 0.1) is 11.3 Å². The first-order valence-corrected chi connectivity index (χ1v) is 4.90. The number of hydrogen-bond acceptors (Lipinski definition) is 2. The van der Waals surface area contributed by atoms with Gasteiger partial charge in [-0.2, -0.15) is 5.26 Å². The lowest BCUT2D eigenvalue weighted by atomic mass is 10.1. The minimum Gasteiger partial charge on any atom is -0.397 e. The van der Waals surface area contributed by atoms with Gasteiger partial charge in [0.1, 0.15) is 6.07 Å².